The first kappa shape index (κ1) is 22.5. The first-order chi connectivity index (χ1) is 15.4. The molecular weight excluding hydrogens is 585 g/mol. The van der Waals surface area contributed by atoms with Crippen molar-refractivity contribution in [2.45, 2.75) is 58.2 Å². The van der Waals surface area contributed by atoms with Crippen LogP contribution < -0.4 is 10.2 Å². The maximum absolute atomic E-state index is 5.65. The van der Waals surface area contributed by atoms with E-state index in [1.807, 2.05) is 6.92 Å². The van der Waals surface area contributed by atoms with Crippen molar-refractivity contribution in [1.29, 1.82) is 0 Å². The van der Waals surface area contributed by atoms with Crippen molar-refractivity contribution in [3.8, 4) is 11.5 Å². The number of fused-ring (bicyclic) bond motifs is 1. The molecule has 9 heteroatoms. The molecule has 32 heavy (non-hydrogen) atoms. The van der Waals surface area contributed by atoms with Crippen molar-refractivity contribution in [3.63, 3.8) is 0 Å². The Morgan fingerprint density at radius 2 is 2.03 bits per heavy atom. The number of aromatic nitrogens is 3. The maximum atomic E-state index is 5.65. The van der Waals surface area contributed by atoms with Gasteiger partial charge in [-0.3, -0.25) is 0 Å². The fourth-order valence-corrected chi connectivity index (χ4v) is 6.56. The van der Waals surface area contributed by atoms with E-state index in [-0.39, 0.29) is 0 Å². The summed E-state index contributed by atoms with van der Waals surface area (Å²) in [5.74, 6) is 2.10. The van der Waals surface area contributed by atoms with E-state index in [1.54, 1.807) is 0 Å². The molecule has 2 aliphatic rings. The number of ether oxygens (including phenoxy) is 1. The van der Waals surface area contributed by atoms with Gasteiger partial charge in [-0.1, -0.05) is 21.1 Å². The average molecular weight is 612 g/mol. The maximum Gasteiger partial charge on any atom is 0.261 e. The number of pyridine rings is 1. The van der Waals surface area contributed by atoms with Gasteiger partial charge in [0.25, 0.3) is 5.89 Å². The average Bonchev–Trinajstić information content (AvgIpc) is 3.40. The molecule has 2 saturated heterocycles. The predicted molar refractivity (Wildman–Crippen MR) is 137 cm³/mol. The van der Waals surface area contributed by atoms with Crippen molar-refractivity contribution in [1.82, 2.24) is 20.4 Å². The van der Waals surface area contributed by atoms with Gasteiger partial charge < -0.3 is 19.5 Å². The second-order valence-electron chi connectivity index (χ2n) is 8.86. The largest absolute Gasteiger partial charge is 0.380 e. The standard InChI is InChI=1S/C23H27BrIN5O2/c1-12-8-16(27-17-5-7-31-11-17)4-6-30(12)22-20(23-26-14(3)29-32-23)13(2)18-9-15(24)10-19(25)21(18)28-22/h9-10,12,16-17,27H,4-8,11H2,1-3H3/t12-,16-,17-/m1/s1. The van der Waals surface area contributed by atoms with Crippen molar-refractivity contribution in [3.05, 3.63) is 31.6 Å². The van der Waals surface area contributed by atoms with Crippen LogP contribution in [0.4, 0.5) is 5.82 Å². The quantitative estimate of drug-likeness (QED) is 0.416. The molecule has 1 N–H and O–H groups in total. The lowest BCUT2D eigenvalue weighted by Crippen LogP contribution is -2.50. The Bertz CT molecular complexity index is 1150. The van der Waals surface area contributed by atoms with Crippen LogP contribution in [0.1, 0.15) is 37.6 Å². The molecule has 0 amide bonds. The van der Waals surface area contributed by atoms with E-state index in [2.05, 4.69) is 84.9 Å². The van der Waals surface area contributed by atoms with Crippen LogP contribution in [-0.4, -0.2) is 53.0 Å². The number of hydrogen-bond donors (Lipinski definition) is 1. The number of benzene rings is 1. The topological polar surface area (TPSA) is 76.3 Å². The molecule has 170 valence electrons. The third-order valence-corrected chi connectivity index (χ3v) is 7.82. The summed E-state index contributed by atoms with van der Waals surface area (Å²) in [5.41, 5.74) is 3.06. The second kappa shape index (κ2) is 9.15. The van der Waals surface area contributed by atoms with Gasteiger partial charge in [-0.15, -0.1) is 0 Å². The Morgan fingerprint density at radius 3 is 2.72 bits per heavy atom. The lowest BCUT2D eigenvalue weighted by molar-refractivity contribution is 0.185. The van der Waals surface area contributed by atoms with Crippen LogP contribution in [0.2, 0.25) is 0 Å². The molecule has 5 rings (SSSR count). The highest BCUT2D eigenvalue weighted by atomic mass is 127. The first-order valence-corrected chi connectivity index (χ1v) is 13.0. The van der Waals surface area contributed by atoms with Gasteiger partial charge in [-0.25, -0.2) is 4.98 Å². The number of aryl methyl sites for hydroxylation is 2. The molecular formula is C23H27BrIN5O2. The molecule has 3 aromatic rings. The molecule has 0 unspecified atom stereocenters. The molecule has 0 saturated carbocycles. The predicted octanol–water partition coefficient (Wildman–Crippen LogP) is 5.00. The van der Waals surface area contributed by atoms with E-state index in [0.717, 1.165) is 74.9 Å². The third kappa shape index (κ3) is 4.28. The van der Waals surface area contributed by atoms with Gasteiger partial charge in [-0.2, -0.15) is 4.98 Å². The van der Waals surface area contributed by atoms with Crippen LogP contribution in [0.3, 0.4) is 0 Å². The van der Waals surface area contributed by atoms with Crippen molar-refractivity contribution in [2.24, 2.45) is 0 Å². The summed E-state index contributed by atoms with van der Waals surface area (Å²) < 4.78 is 13.4. The number of nitrogens with one attached hydrogen (secondary N) is 1. The van der Waals surface area contributed by atoms with Gasteiger partial charge >= 0.3 is 0 Å². The second-order valence-corrected chi connectivity index (χ2v) is 10.9. The summed E-state index contributed by atoms with van der Waals surface area (Å²) in [4.78, 5) is 12.2. The van der Waals surface area contributed by atoms with E-state index in [4.69, 9.17) is 14.2 Å². The van der Waals surface area contributed by atoms with E-state index in [1.165, 1.54) is 0 Å². The molecule has 4 heterocycles. The van der Waals surface area contributed by atoms with E-state index in [9.17, 15) is 0 Å². The van der Waals surface area contributed by atoms with Crippen molar-refractivity contribution >= 4 is 55.2 Å². The molecule has 2 aliphatic heterocycles. The fraction of sp³-hybridized carbons (Fsp3) is 0.522. The summed E-state index contributed by atoms with van der Waals surface area (Å²) in [6.45, 7) is 8.89. The summed E-state index contributed by atoms with van der Waals surface area (Å²) in [6.07, 6.45) is 3.24. The number of rotatable bonds is 4. The van der Waals surface area contributed by atoms with Crippen LogP contribution in [0.5, 0.6) is 0 Å². The van der Waals surface area contributed by atoms with Gasteiger partial charge in [-0.05, 0) is 80.3 Å². The molecule has 0 spiro atoms. The van der Waals surface area contributed by atoms with Gasteiger partial charge in [0.2, 0.25) is 0 Å². The summed E-state index contributed by atoms with van der Waals surface area (Å²) >= 11 is 6.01. The number of hydrogen-bond acceptors (Lipinski definition) is 7. The molecule has 0 radical (unpaired) electrons. The highest BCUT2D eigenvalue weighted by Gasteiger charge is 2.32. The van der Waals surface area contributed by atoms with Crippen LogP contribution in [0.15, 0.2) is 21.1 Å². The highest BCUT2D eigenvalue weighted by Crippen LogP contribution is 2.40. The summed E-state index contributed by atoms with van der Waals surface area (Å²) in [7, 11) is 0. The molecule has 1 aromatic carbocycles. The van der Waals surface area contributed by atoms with E-state index in [0.29, 0.717) is 29.8 Å². The SMILES string of the molecule is Cc1noc(-c2c(N3CC[C@@H](N[C@@H]4CCOC4)C[C@H]3C)nc3c(I)cc(Br)cc3c2C)n1. The summed E-state index contributed by atoms with van der Waals surface area (Å²) in [6, 6.07) is 5.55. The molecule has 2 aromatic heterocycles. The lowest BCUT2D eigenvalue weighted by atomic mass is 9.95. The van der Waals surface area contributed by atoms with Gasteiger partial charge in [0.15, 0.2) is 5.82 Å². The molecule has 0 bridgehead atoms. The van der Waals surface area contributed by atoms with Gasteiger partial charge in [0.05, 0.1) is 17.7 Å². The minimum absolute atomic E-state index is 0.337. The first-order valence-electron chi connectivity index (χ1n) is 11.1. The molecule has 7 nitrogen and oxygen atoms in total. The number of halogens is 2. The monoisotopic (exact) mass is 611 g/mol. The lowest BCUT2D eigenvalue weighted by Gasteiger charge is -2.40. The molecule has 0 aliphatic carbocycles. The van der Waals surface area contributed by atoms with Gasteiger partial charge in [0, 0.05) is 44.7 Å². The van der Waals surface area contributed by atoms with Crippen molar-refractivity contribution < 1.29 is 9.26 Å². The Morgan fingerprint density at radius 1 is 1.19 bits per heavy atom. The van der Waals surface area contributed by atoms with Crippen LogP contribution in [0.25, 0.3) is 22.4 Å². The Balaban J connectivity index is 1.55. The minimum atomic E-state index is 0.337. The van der Waals surface area contributed by atoms with E-state index < -0.39 is 0 Å². The number of nitrogens with zero attached hydrogens (tertiary/aromatic N) is 4. The number of anilines is 1. The normalized spacial score (nSPS) is 23.9. The summed E-state index contributed by atoms with van der Waals surface area (Å²) in [5, 5.41) is 8.97. The molecule has 3 atom stereocenters. The molecule has 2 fully saturated rings. The van der Waals surface area contributed by atoms with Crippen molar-refractivity contribution in [2.75, 3.05) is 24.7 Å². The Kier molecular flexibility index (Phi) is 6.43. The Hall–Kier alpha value is -1.30. The zero-order valence-corrected chi connectivity index (χ0v) is 22.2. The number of piperidine rings is 1. The van der Waals surface area contributed by atoms with E-state index >= 15 is 0 Å². The van der Waals surface area contributed by atoms with Crippen LogP contribution in [0, 0.1) is 17.4 Å². The van der Waals surface area contributed by atoms with Gasteiger partial charge in [0.1, 0.15) is 5.82 Å². The zero-order valence-electron chi connectivity index (χ0n) is 18.5. The Labute approximate surface area is 209 Å². The highest BCUT2D eigenvalue weighted by molar-refractivity contribution is 14.1. The third-order valence-electron chi connectivity index (χ3n) is 6.54. The van der Waals surface area contributed by atoms with Crippen LogP contribution in [-0.2, 0) is 4.74 Å². The smallest absolute Gasteiger partial charge is 0.261 e. The zero-order chi connectivity index (χ0) is 22.4. The van der Waals surface area contributed by atoms with Crippen LogP contribution >= 0.6 is 38.5 Å². The fourth-order valence-electron chi connectivity index (χ4n) is 4.93. The minimum Gasteiger partial charge on any atom is -0.380 e.